The number of fused-ring (bicyclic) bond motifs is 1. The van der Waals surface area contributed by atoms with Crippen LogP contribution in [0, 0.1) is 5.92 Å². The molecule has 0 N–H and O–H groups in total. The van der Waals surface area contributed by atoms with Gasteiger partial charge in [0.1, 0.15) is 6.54 Å². The van der Waals surface area contributed by atoms with Gasteiger partial charge in [-0.2, -0.15) is 0 Å². The first-order valence-electron chi connectivity index (χ1n) is 9.97. The monoisotopic (exact) mass is 373 g/mol. The fraction of sp³-hybridized carbons (Fsp3) is 0.619. The predicted molar refractivity (Wildman–Crippen MR) is 110 cm³/mol. The summed E-state index contributed by atoms with van der Waals surface area (Å²) >= 11 is 1.76. The van der Waals surface area contributed by atoms with Crippen LogP contribution in [0.1, 0.15) is 52.9 Å². The lowest BCUT2D eigenvalue weighted by Crippen LogP contribution is -2.43. The Morgan fingerprint density at radius 2 is 2.00 bits per heavy atom. The highest BCUT2D eigenvalue weighted by molar-refractivity contribution is 7.99. The van der Waals surface area contributed by atoms with Gasteiger partial charge in [0, 0.05) is 18.3 Å². The molecule has 1 aromatic carbocycles. The number of thioether (sulfide) groups is 1. The van der Waals surface area contributed by atoms with Crippen molar-refractivity contribution in [3.63, 3.8) is 0 Å². The molecular weight excluding hydrogens is 342 g/mol. The number of carbonyl (C=O) groups excluding carboxylic acids is 1. The zero-order valence-electron chi connectivity index (χ0n) is 16.3. The van der Waals surface area contributed by atoms with Crippen LogP contribution in [0.2, 0.25) is 0 Å². The van der Waals surface area contributed by atoms with E-state index in [1.54, 1.807) is 11.8 Å². The average Bonchev–Trinajstić information content (AvgIpc) is 2.99. The highest BCUT2D eigenvalue weighted by Crippen LogP contribution is 2.27. The molecule has 1 aromatic heterocycles. The molecule has 1 amide bonds. The van der Waals surface area contributed by atoms with E-state index in [-0.39, 0.29) is 5.91 Å². The molecule has 4 nitrogen and oxygen atoms in total. The molecule has 2 aromatic rings. The topological polar surface area (TPSA) is 38.1 Å². The van der Waals surface area contributed by atoms with Crippen molar-refractivity contribution in [2.24, 2.45) is 5.92 Å². The van der Waals surface area contributed by atoms with Gasteiger partial charge in [-0.05, 0) is 37.8 Å². The molecular formula is C21H31N3OS. The van der Waals surface area contributed by atoms with E-state index in [1.807, 2.05) is 18.2 Å². The smallest absolute Gasteiger partial charge is 0.242 e. The summed E-state index contributed by atoms with van der Waals surface area (Å²) < 4.78 is 2.12. The maximum atomic E-state index is 13.1. The van der Waals surface area contributed by atoms with Gasteiger partial charge < -0.3 is 9.47 Å². The molecule has 0 unspecified atom stereocenters. The molecule has 1 fully saturated rings. The van der Waals surface area contributed by atoms with Crippen molar-refractivity contribution in [1.29, 1.82) is 0 Å². The van der Waals surface area contributed by atoms with E-state index in [4.69, 9.17) is 4.98 Å². The van der Waals surface area contributed by atoms with Crippen LogP contribution in [-0.2, 0) is 11.3 Å². The third kappa shape index (κ3) is 4.43. The van der Waals surface area contributed by atoms with Crippen molar-refractivity contribution in [3.8, 4) is 0 Å². The van der Waals surface area contributed by atoms with Crippen LogP contribution in [0.25, 0.3) is 11.0 Å². The van der Waals surface area contributed by atoms with Crippen LogP contribution in [0.15, 0.2) is 29.4 Å². The minimum atomic E-state index is 0.231. The number of rotatable bonds is 7. The molecule has 0 atom stereocenters. The fourth-order valence-corrected chi connectivity index (χ4v) is 4.78. The number of likely N-dealkylation sites (N-methyl/N-ethyl adjacent to an activating group) is 1. The zero-order valence-corrected chi connectivity index (χ0v) is 17.1. The van der Waals surface area contributed by atoms with E-state index in [9.17, 15) is 4.79 Å². The molecule has 5 heteroatoms. The summed E-state index contributed by atoms with van der Waals surface area (Å²) in [7, 11) is 0. The number of amides is 1. The third-order valence-electron chi connectivity index (χ3n) is 5.14. The van der Waals surface area contributed by atoms with Crippen molar-refractivity contribution in [3.05, 3.63) is 24.3 Å². The molecule has 1 heterocycles. The molecule has 0 aliphatic heterocycles. The quantitative estimate of drug-likeness (QED) is 0.643. The van der Waals surface area contributed by atoms with Gasteiger partial charge in [0.05, 0.1) is 11.0 Å². The highest BCUT2D eigenvalue weighted by Gasteiger charge is 2.25. The second-order valence-corrected chi connectivity index (χ2v) is 8.63. The summed E-state index contributed by atoms with van der Waals surface area (Å²) in [5.41, 5.74) is 2.04. The summed E-state index contributed by atoms with van der Waals surface area (Å²) in [6.45, 7) is 7.73. The number of benzene rings is 1. The number of carbonyl (C=O) groups is 1. The van der Waals surface area contributed by atoms with Gasteiger partial charge in [-0.25, -0.2) is 4.98 Å². The van der Waals surface area contributed by atoms with Gasteiger partial charge in [-0.15, -0.1) is 0 Å². The van der Waals surface area contributed by atoms with E-state index < -0.39 is 0 Å². The van der Waals surface area contributed by atoms with Crippen molar-refractivity contribution in [1.82, 2.24) is 14.5 Å². The Labute approximate surface area is 161 Å². The van der Waals surface area contributed by atoms with Crippen LogP contribution in [0.3, 0.4) is 0 Å². The Kier molecular flexibility index (Phi) is 6.63. The fourth-order valence-electron chi connectivity index (χ4n) is 3.81. The van der Waals surface area contributed by atoms with Crippen LogP contribution < -0.4 is 0 Å². The summed E-state index contributed by atoms with van der Waals surface area (Å²) in [6.07, 6.45) is 6.11. The standard InChI is InChI=1S/C21H31N3OS/c1-4-23(17-10-6-5-7-11-17)20(25)14-24-19-13-9-8-12-18(19)22-21(24)26-15-16(2)3/h8-9,12-13,16-17H,4-7,10-11,14-15H2,1-3H3. The molecule has 0 radical (unpaired) electrons. The number of hydrogen-bond donors (Lipinski definition) is 0. The van der Waals surface area contributed by atoms with Crippen molar-refractivity contribution >= 4 is 28.7 Å². The Balaban J connectivity index is 1.83. The van der Waals surface area contributed by atoms with E-state index in [0.29, 0.717) is 18.5 Å². The van der Waals surface area contributed by atoms with E-state index in [0.717, 1.165) is 41.3 Å². The van der Waals surface area contributed by atoms with Gasteiger partial charge in [-0.3, -0.25) is 4.79 Å². The average molecular weight is 374 g/mol. The van der Waals surface area contributed by atoms with E-state index in [1.165, 1.54) is 19.3 Å². The number of imidazole rings is 1. The number of hydrogen-bond acceptors (Lipinski definition) is 3. The van der Waals surface area contributed by atoms with Gasteiger partial charge in [0.2, 0.25) is 5.91 Å². The molecule has 1 aliphatic rings. The molecule has 0 spiro atoms. The van der Waals surface area contributed by atoms with Crippen LogP contribution in [0.4, 0.5) is 0 Å². The largest absolute Gasteiger partial charge is 0.338 e. The number of para-hydroxylation sites is 2. The molecule has 1 aliphatic carbocycles. The van der Waals surface area contributed by atoms with Crippen LogP contribution in [-0.4, -0.2) is 38.7 Å². The first kappa shape index (κ1) is 19.3. The summed E-state index contributed by atoms with van der Waals surface area (Å²) in [4.78, 5) is 20.0. The minimum Gasteiger partial charge on any atom is -0.338 e. The Morgan fingerprint density at radius 3 is 2.69 bits per heavy atom. The Bertz CT molecular complexity index is 734. The Morgan fingerprint density at radius 1 is 1.27 bits per heavy atom. The van der Waals surface area contributed by atoms with Crippen molar-refractivity contribution < 1.29 is 4.79 Å². The SMILES string of the molecule is CCN(C(=O)Cn1c(SCC(C)C)nc2ccccc21)C1CCCCC1. The molecule has 26 heavy (non-hydrogen) atoms. The minimum absolute atomic E-state index is 0.231. The van der Waals surface area contributed by atoms with E-state index in [2.05, 4.69) is 36.3 Å². The maximum absolute atomic E-state index is 13.1. The third-order valence-corrected chi connectivity index (χ3v) is 6.54. The lowest BCUT2D eigenvalue weighted by atomic mass is 9.94. The van der Waals surface area contributed by atoms with Crippen molar-refractivity contribution in [2.75, 3.05) is 12.3 Å². The zero-order chi connectivity index (χ0) is 18.5. The van der Waals surface area contributed by atoms with Gasteiger partial charge in [-0.1, -0.05) is 57.0 Å². The Hall–Kier alpha value is -1.49. The molecule has 1 saturated carbocycles. The van der Waals surface area contributed by atoms with Crippen LogP contribution >= 0.6 is 11.8 Å². The maximum Gasteiger partial charge on any atom is 0.242 e. The second-order valence-electron chi connectivity index (χ2n) is 7.65. The van der Waals surface area contributed by atoms with E-state index >= 15 is 0 Å². The second kappa shape index (κ2) is 8.94. The predicted octanol–water partition coefficient (Wildman–Crippen LogP) is 4.97. The number of aromatic nitrogens is 2. The summed E-state index contributed by atoms with van der Waals surface area (Å²) in [5.74, 6) is 1.84. The van der Waals surface area contributed by atoms with Crippen LogP contribution in [0.5, 0.6) is 0 Å². The lowest BCUT2D eigenvalue weighted by Gasteiger charge is -2.34. The molecule has 0 bridgehead atoms. The first-order valence-corrected chi connectivity index (χ1v) is 11.0. The first-order chi connectivity index (χ1) is 12.6. The molecule has 0 saturated heterocycles. The molecule has 142 valence electrons. The molecule has 3 rings (SSSR count). The normalized spacial score (nSPS) is 15.7. The van der Waals surface area contributed by atoms with Crippen molar-refractivity contribution in [2.45, 2.75) is 70.6 Å². The highest BCUT2D eigenvalue weighted by atomic mass is 32.2. The number of nitrogens with zero attached hydrogens (tertiary/aromatic N) is 3. The van der Waals surface area contributed by atoms with Gasteiger partial charge in [0.15, 0.2) is 5.16 Å². The van der Waals surface area contributed by atoms with Gasteiger partial charge >= 0.3 is 0 Å². The summed E-state index contributed by atoms with van der Waals surface area (Å²) in [6, 6.07) is 8.57. The van der Waals surface area contributed by atoms with Gasteiger partial charge in [0.25, 0.3) is 0 Å². The summed E-state index contributed by atoms with van der Waals surface area (Å²) in [5, 5.41) is 0.966. The lowest BCUT2D eigenvalue weighted by molar-refractivity contribution is -0.134.